The summed E-state index contributed by atoms with van der Waals surface area (Å²) in [7, 11) is 0. The molecular formula is C12H20N2O. The summed E-state index contributed by atoms with van der Waals surface area (Å²) in [6, 6.07) is 6.15. The summed E-state index contributed by atoms with van der Waals surface area (Å²) in [5.74, 6) is 0. The molecule has 2 atom stereocenters. The number of hydrogen-bond donors (Lipinski definition) is 2. The van der Waals surface area contributed by atoms with Gasteiger partial charge in [-0.15, -0.1) is 0 Å². The van der Waals surface area contributed by atoms with Crippen molar-refractivity contribution in [2.24, 2.45) is 0 Å². The zero-order chi connectivity index (χ0) is 11.1. The Morgan fingerprint density at radius 1 is 1.47 bits per heavy atom. The van der Waals surface area contributed by atoms with Gasteiger partial charge in [-0.25, -0.2) is 0 Å². The quantitative estimate of drug-likeness (QED) is 0.750. The van der Waals surface area contributed by atoms with Crippen LogP contribution in [0.1, 0.15) is 38.4 Å². The second-order valence-electron chi connectivity index (χ2n) is 3.78. The summed E-state index contributed by atoms with van der Waals surface area (Å²) in [6.45, 7) is 4.90. The van der Waals surface area contributed by atoms with Crippen molar-refractivity contribution in [1.29, 1.82) is 0 Å². The molecule has 0 aromatic carbocycles. The fraction of sp³-hybridized carbons (Fsp3) is 0.583. The van der Waals surface area contributed by atoms with Crippen molar-refractivity contribution in [3.63, 3.8) is 0 Å². The second kappa shape index (κ2) is 6.53. The first-order valence-electron chi connectivity index (χ1n) is 5.56. The SMILES string of the molecule is CCC(O)CCNC(C)c1ccccn1. The van der Waals surface area contributed by atoms with E-state index in [9.17, 15) is 5.11 Å². The van der Waals surface area contributed by atoms with E-state index in [0.29, 0.717) is 0 Å². The van der Waals surface area contributed by atoms with Crippen molar-refractivity contribution in [2.75, 3.05) is 6.54 Å². The summed E-state index contributed by atoms with van der Waals surface area (Å²) in [5, 5.41) is 12.7. The summed E-state index contributed by atoms with van der Waals surface area (Å²) < 4.78 is 0. The van der Waals surface area contributed by atoms with E-state index in [1.807, 2.05) is 25.1 Å². The van der Waals surface area contributed by atoms with E-state index < -0.39 is 0 Å². The van der Waals surface area contributed by atoms with Crippen LogP contribution in [0.25, 0.3) is 0 Å². The van der Waals surface area contributed by atoms with Crippen LogP contribution >= 0.6 is 0 Å². The normalized spacial score (nSPS) is 14.9. The molecule has 0 bridgehead atoms. The molecule has 1 rings (SSSR count). The summed E-state index contributed by atoms with van der Waals surface area (Å²) in [4.78, 5) is 4.27. The molecule has 84 valence electrons. The molecular weight excluding hydrogens is 188 g/mol. The standard InChI is InChI=1S/C12H20N2O/c1-3-11(15)7-9-13-10(2)12-6-4-5-8-14-12/h4-6,8,10-11,13,15H,3,7,9H2,1-2H3. The maximum atomic E-state index is 9.39. The Morgan fingerprint density at radius 3 is 2.87 bits per heavy atom. The Labute approximate surface area is 91.5 Å². The molecule has 2 N–H and O–H groups in total. The fourth-order valence-corrected chi connectivity index (χ4v) is 1.41. The smallest absolute Gasteiger partial charge is 0.0570 e. The number of nitrogens with zero attached hydrogens (tertiary/aromatic N) is 1. The number of hydrogen-bond acceptors (Lipinski definition) is 3. The molecule has 0 aliphatic carbocycles. The minimum absolute atomic E-state index is 0.187. The van der Waals surface area contributed by atoms with Crippen LogP contribution in [0.3, 0.4) is 0 Å². The largest absolute Gasteiger partial charge is 0.393 e. The molecule has 15 heavy (non-hydrogen) atoms. The molecule has 0 aliphatic heterocycles. The molecule has 3 heteroatoms. The second-order valence-corrected chi connectivity index (χ2v) is 3.78. The number of pyridine rings is 1. The molecule has 1 aromatic heterocycles. The van der Waals surface area contributed by atoms with Crippen molar-refractivity contribution in [1.82, 2.24) is 10.3 Å². The number of aliphatic hydroxyl groups is 1. The third-order valence-electron chi connectivity index (χ3n) is 2.53. The predicted octanol–water partition coefficient (Wildman–Crippen LogP) is 1.89. The average molecular weight is 208 g/mol. The zero-order valence-electron chi connectivity index (χ0n) is 9.48. The molecule has 0 spiro atoms. The van der Waals surface area contributed by atoms with Crippen molar-refractivity contribution < 1.29 is 5.11 Å². The highest BCUT2D eigenvalue weighted by molar-refractivity contribution is 5.07. The van der Waals surface area contributed by atoms with E-state index in [0.717, 1.165) is 25.1 Å². The average Bonchev–Trinajstić information content (AvgIpc) is 2.29. The van der Waals surface area contributed by atoms with Crippen molar-refractivity contribution in [3.8, 4) is 0 Å². The number of aliphatic hydroxyl groups excluding tert-OH is 1. The molecule has 0 aliphatic rings. The maximum Gasteiger partial charge on any atom is 0.0570 e. The Balaban J connectivity index is 2.28. The fourth-order valence-electron chi connectivity index (χ4n) is 1.41. The molecule has 2 unspecified atom stereocenters. The topological polar surface area (TPSA) is 45.1 Å². The third-order valence-corrected chi connectivity index (χ3v) is 2.53. The van der Waals surface area contributed by atoms with Crippen LogP contribution in [0, 0.1) is 0 Å². The highest BCUT2D eigenvalue weighted by Crippen LogP contribution is 2.07. The third kappa shape index (κ3) is 4.40. The molecule has 1 heterocycles. The Kier molecular flexibility index (Phi) is 5.29. The number of rotatable bonds is 6. The van der Waals surface area contributed by atoms with Crippen LogP contribution in [0.2, 0.25) is 0 Å². The minimum Gasteiger partial charge on any atom is -0.393 e. The van der Waals surface area contributed by atoms with Crippen LogP contribution < -0.4 is 5.32 Å². The summed E-state index contributed by atoms with van der Waals surface area (Å²) in [5.41, 5.74) is 1.04. The summed E-state index contributed by atoms with van der Waals surface area (Å²) >= 11 is 0. The molecule has 3 nitrogen and oxygen atoms in total. The first-order valence-corrected chi connectivity index (χ1v) is 5.56. The Hall–Kier alpha value is -0.930. The summed E-state index contributed by atoms with van der Waals surface area (Å²) in [6.07, 6.45) is 3.23. The molecule has 0 saturated heterocycles. The number of nitrogens with one attached hydrogen (secondary N) is 1. The van der Waals surface area contributed by atoms with E-state index >= 15 is 0 Å². The lowest BCUT2D eigenvalue weighted by Crippen LogP contribution is -2.23. The van der Waals surface area contributed by atoms with E-state index in [4.69, 9.17) is 0 Å². The molecule has 0 radical (unpaired) electrons. The lowest BCUT2D eigenvalue weighted by molar-refractivity contribution is 0.158. The molecule has 0 fully saturated rings. The van der Waals surface area contributed by atoms with E-state index in [1.165, 1.54) is 0 Å². The predicted molar refractivity (Wildman–Crippen MR) is 61.6 cm³/mol. The van der Waals surface area contributed by atoms with Gasteiger partial charge in [-0.2, -0.15) is 0 Å². The molecule has 0 saturated carbocycles. The van der Waals surface area contributed by atoms with Gasteiger partial charge in [0.05, 0.1) is 11.8 Å². The highest BCUT2D eigenvalue weighted by Gasteiger charge is 2.06. The van der Waals surface area contributed by atoms with Crippen molar-refractivity contribution in [2.45, 2.75) is 38.8 Å². The van der Waals surface area contributed by atoms with Gasteiger partial charge in [-0.3, -0.25) is 4.98 Å². The number of aromatic nitrogens is 1. The van der Waals surface area contributed by atoms with Gasteiger partial charge in [0.2, 0.25) is 0 Å². The first-order chi connectivity index (χ1) is 7.24. The highest BCUT2D eigenvalue weighted by atomic mass is 16.3. The van der Waals surface area contributed by atoms with E-state index in [1.54, 1.807) is 6.20 Å². The van der Waals surface area contributed by atoms with Gasteiger partial charge < -0.3 is 10.4 Å². The van der Waals surface area contributed by atoms with Gasteiger partial charge in [0, 0.05) is 12.2 Å². The van der Waals surface area contributed by atoms with Gasteiger partial charge in [0.25, 0.3) is 0 Å². The Morgan fingerprint density at radius 2 is 2.27 bits per heavy atom. The van der Waals surface area contributed by atoms with Crippen LogP contribution in [-0.2, 0) is 0 Å². The lowest BCUT2D eigenvalue weighted by Gasteiger charge is -2.14. The monoisotopic (exact) mass is 208 g/mol. The van der Waals surface area contributed by atoms with Gasteiger partial charge >= 0.3 is 0 Å². The lowest BCUT2D eigenvalue weighted by atomic mass is 10.2. The van der Waals surface area contributed by atoms with Crippen LogP contribution in [0.5, 0.6) is 0 Å². The van der Waals surface area contributed by atoms with Gasteiger partial charge in [0.15, 0.2) is 0 Å². The van der Waals surface area contributed by atoms with Crippen LogP contribution in [0.4, 0.5) is 0 Å². The van der Waals surface area contributed by atoms with E-state index in [-0.39, 0.29) is 12.1 Å². The minimum atomic E-state index is -0.187. The van der Waals surface area contributed by atoms with Crippen LogP contribution in [0.15, 0.2) is 24.4 Å². The van der Waals surface area contributed by atoms with Gasteiger partial charge in [-0.1, -0.05) is 13.0 Å². The van der Waals surface area contributed by atoms with Crippen molar-refractivity contribution in [3.05, 3.63) is 30.1 Å². The maximum absolute atomic E-state index is 9.39. The molecule has 1 aromatic rings. The van der Waals surface area contributed by atoms with Gasteiger partial charge in [0.1, 0.15) is 0 Å². The molecule has 0 amide bonds. The van der Waals surface area contributed by atoms with Crippen molar-refractivity contribution >= 4 is 0 Å². The van der Waals surface area contributed by atoms with Crippen LogP contribution in [-0.4, -0.2) is 22.7 Å². The van der Waals surface area contributed by atoms with Gasteiger partial charge in [-0.05, 0) is 38.4 Å². The van der Waals surface area contributed by atoms with E-state index in [2.05, 4.69) is 17.2 Å². The Bertz CT molecular complexity index is 264. The first kappa shape index (κ1) is 12.1. The zero-order valence-corrected chi connectivity index (χ0v) is 9.48.